The van der Waals surface area contributed by atoms with Gasteiger partial charge in [-0.15, -0.1) is 0 Å². The van der Waals surface area contributed by atoms with Crippen molar-refractivity contribution < 1.29 is 28.3 Å². The molecule has 5 rings (SSSR count). The molecule has 0 bridgehead atoms. The smallest absolute Gasteiger partial charge is 0.293 e. The summed E-state index contributed by atoms with van der Waals surface area (Å²) >= 11 is 0. The van der Waals surface area contributed by atoms with Crippen molar-refractivity contribution in [1.82, 2.24) is 34.2 Å². The number of hydrogen-bond acceptors (Lipinski definition) is 13. The lowest BCUT2D eigenvalue weighted by Gasteiger charge is -2.21. The van der Waals surface area contributed by atoms with Gasteiger partial charge in [-0.1, -0.05) is 32.9 Å². The van der Waals surface area contributed by atoms with Crippen molar-refractivity contribution in [2.24, 2.45) is 12.5 Å². The minimum absolute atomic E-state index is 0.111. The first kappa shape index (κ1) is 29.9. The average molecular weight is 596 g/mol. The van der Waals surface area contributed by atoms with E-state index >= 15 is 0 Å². The second-order valence-corrected chi connectivity index (χ2v) is 11.6. The molecule has 15 nitrogen and oxygen atoms in total. The van der Waals surface area contributed by atoms with E-state index in [0.29, 0.717) is 66.8 Å². The molecule has 1 saturated heterocycles. The van der Waals surface area contributed by atoms with E-state index in [1.807, 2.05) is 24.7 Å². The summed E-state index contributed by atoms with van der Waals surface area (Å²) in [5.41, 5.74) is 2.68. The zero-order valence-electron chi connectivity index (χ0n) is 24.9. The zero-order chi connectivity index (χ0) is 30.6. The Morgan fingerprint density at radius 2 is 1.81 bits per heavy atom. The summed E-state index contributed by atoms with van der Waals surface area (Å²) in [6, 6.07) is 1.72. The number of hydrogen-bond donors (Lipinski definition) is 2. The molecule has 0 radical (unpaired) electrons. The Morgan fingerprint density at radius 3 is 2.49 bits per heavy atom. The highest BCUT2D eigenvalue weighted by molar-refractivity contribution is 5.84. The molecule has 0 amide bonds. The normalized spacial score (nSPS) is 20.3. The first-order chi connectivity index (χ1) is 20.7. The largest absolute Gasteiger partial charge is 0.457 e. The first-order valence-corrected chi connectivity index (χ1v) is 14.2. The molecule has 0 spiro atoms. The molecule has 4 aromatic rings. The van der Waals surface area contributed by atoms with Crippen molar-refractivity contribution in [1.29, 1.82) is 0 Å². The molecule has 0 unspecified atom stereocenters. The van der Waals surface area contributed by atoms with Gasteiger partial charge in [0.2, 0.25) is 5.95 Å². The number of anilines is 2. The number of nitrogens with one attached hydrogen (secondary N) is 2. The van der Waals surface area contributed by atoms with Gasteiger partial charge in [0.05, 0.1) is 24.0 Å². The molecular formula is C28H37N9O6. The molecule has 0 aromatic carbocycles. The predicted octanol–water partition coefficient (Wildman–Crippen LogP) is 2.97. The van der Waals surface area contributed by atoms with Gasteiger partial charge < -0.3 is 33.9 Å². The molecule has 43 heavy (non-hydrogen) atoms. The molecule has 1 aliphatic rings. The molecule has 4 atom stereocenters. The monoisotopic (exact) mass is 595 g/mol. The fraction of sp³-hybridized carbons (Fsp3) is 0.536. The molecule has 2 N–H and O–H groups in total. The van der Waals surface area contributed by atoms with Crippen LogP contribution in [0.25, 0.3) is 11.2 Å². The summed E-state index contributed by atoms with van der Waals surface area (Å²) in [6.45, 7) is 10.2. The van der Waals surface area contributed by atoms with Crippen LogP contribution in [0.3, 0.4) is 0 Å². The quantitative estimate of drug-likeness (QED) is 0.204. The van der Waals surface area contributed by atoms with Crippen LogP contribution in [0.15, 0.2) is 29.4 Å². The Balaban J connectivity index is 1.49. The first-order valence-electron chi connectivity index (χ1n) is 14.2. The average Bonchev–Trinajstić information content (AvgIpc) is 3.75. The molecule has 5 heterocycles. The van der Waals surface area contributed by atoms with Crippen molar-refractivity contribution in [3.05, 3.63) is 42.1 Å². The number of aromatic nitrogens is 7. The third kappa shape index (κ3) is 6.77. The lowest BCUT2D eigenvalue weighted by Crippen LogP contribution is -2.34. The molecule has 15 heteroatoms. The minimum Gasteiger partial charge on any atom is -0.457 e. The lowest BCUT2D eigenvalue weighted by molar-refractivity contribution is -0.151. The summed E-state index contributed by atoms with van der Waals surface area (Å²) in [7, 11) is 1.92. The summed E-state index contributed by atoms with van der Waals surface area (Å²) in [6.07, 6.45) is 3.54. The second-order valence-electron chi connectivity index (χ2n) is 11.6. The molecule has 0 saturated carbocycles. The van der Waals surface area contributed by atoms with E-state index < -0.39 is 24.5 Å². The van der Waals surface area contributed by atoms with Crippen molar-refractivity contribution >= 4 is 35.9 Å². The predicted molar refractivity (Wildman–Crippen MR) is 154 cm³/mol. The number of nitrogens with zero attached hydrogens (tertiary/aromatic N) is 7. The maximum atomic E-state index is 11.6. The fourth-order valence-electron chi connectivity index (χ4n) is 4.90. The van der Waals surface area contributed by atoms with Gasteiger partial charge in [-0.2, -0.15) is 9.97 Å². The minimum atomic E-state index is -1.03. The van der Waals surface area contributed by atoms with Crippen LogP contribution in [0.5, 0.6) is 0 Å². The van der Waals surface area contributed by atoms with Crippen LogP contribution in [0.2, 0.25) is 0 Å². The van der Waals surface area contributed by atoms with Crippen LogP contribution in [0, 0.1) is 5.41 Å². The lowest BCUT2D eigenvalue weighted by atomic mass is 9.92. The van der Waals surface area contributed by atoms with Crippen LogP contribution in [-0.4, -0.2) is 72.5 Å². The number of carbonyl (C=O) groups is 2. The van der Waals surface area contributed by atoms with Crippen LogP contribution in [0.1, 0.15) is 63.6 Å². The third-order valence-corrected chi connectivity index (χ3v) is 7.12. The van der Waals surface area contributed by atoms with E-state index in [-0.39, 0.29) is 11.9 Å². The maximum absolute atomic E-state index is 11.6. The van der Waals surface area contributed by atoms with Crippen LogP contribution < -0.4 is 10.6 Å². The molecular weight excluding hydrogens is 558 g/mol. The second kappa shape index (κ2) is 12.8. The van der Waals surface area contributed by atoms with Crippen LogP contribution in [0.4, 0.5) is 11.8 Å². The highest BCUT2D eigenvalue weighted by Gasteiger charge is 2.51. The standard InChI is InChI=1S/C28H37N9O6/c1-6-17-11-19(43-35-17)21-22(40-15-38)23(41-16-39)26(42-21)37-14-32-20-24(29-10-8-28(2,3)4)33-27(34-25(20)37)30-9-7-18-12-36(5)13-31-18/h11-16,21-23,26H,6-10H2,1-5H3,(H2,29,30,33,34)/t21-,22+,23-,26-/m1/s1. The highest BCUT2D eigenvalue weighted by atomic mass is 16.6. The Bertz CT molecular complexity index is 1540. The maximum Gasteiger partial charge on any atom is 0.293 e. The summed E-state index contributed by atoms with van der Waals surface area (Å²) in [5, 5.41) is 10.7. The Hall–Kier alpha value is -4.53. The van der Waals surface area contributed by atoms with Gasteiger partial charge >= 0.3 is 0 Å². The molecule has 4 aromatic heterocycles. The van der Waals surface area contributed by atoms with Crippen molar-refractivity contribution in [2.75, 3.05) is 23.7 Å². The Labute approximate surface area is 248 Å². The number of carbonyl (C=O) groups excluding carboxylic acids is 2. The van der Waals surface area contributed by atoms with Gasteiger partial charge in [-0.25, -0.2) is 9.97 Å². The topological polar surface area (TPSA) is 173 Å². The van der Waals surface area contributed by atoms with Crippen molar-refractivity contribution in [2.45, 2.75) is 71.5 Å². The Morgan fingerprint density at radius 1 is 1.02 bits per heavy atom. The number of ether oxygens (including phenoxy) is 3. The van der Waals surface area contributed by atoms with E-state index in [0.717, 1.165) is 12.1 Å². The molecule has 1 aliphatic heterocycles. The third-order valence-electron chi connectivity index (χ3n) is 7.12. The van der Waals surface area contributed by atoms with Gasteiger partial charge in [0, 0.05) is 38.8 Å². The Kier molecular flexibility index (Phi) is 8.89. The van der Waals surface area contributed by atoms with Crippen LogP contribution >= 0.6 is 0 Å². The molecule has 230 valence electrons. The van der Waals surface area contributed by atoms with Gasteiger partial charge in [0.1, 0.15) is 0 Å². The number of aryl methyl sites for hydroxylation is 2. The zero-order valence-corrected chi connectivity index (χ0v) is 24.9. The number of fused-ring (bicyclic) bond motifs is 1. The molecule has 1 fully saturated rings. The van der Waals surface area contributed by atoms with Crippen molar-refractivity contribution in [3.63, 3.8) is 0 Å². The van der Waals surface area contributed by atoms with E-state index in [4.69, 9.17) is 28.7 Å². The summed E-state index contributed by atoms with van der Waals surface area (Å²) in [4.78, 5) is 41.5. The number of rotatable bonds is 14. The van der Waals surface area contributed by atoms with E-state index in [1.54, 1.807) is 17.0 Å². The van der Waals surface area contributed by atoms with E-state index in [2.05, 4.69) is 46.5 Å². The molecule has 0 aliphatic carbocycles. The van der Waals surface area contributed by atoms with Gasteiger partial charge in [-0.05, 0) is 18.3 Å². The van der Waals surface area contributed by atoms with E-state index in [9.17, 15) is 9.59 Å². The van der Waals surface area contributed by atoms with Crippen molar-refractivity contribution in [3.8, 4) is 0 Å². The summed E-state index contributed by atoms with van der Waals surface area (Å²) in [5.74, 6) is 1.25. The van der Waals surface area contributed by atoms with Gasteiger partial charge in [0.15, 0.2) is 47.3 Å². The summed E-state index contributed by atoms with van der Waals surface area (Å²) < 4.78 is 26.2. The fourth-order valence-corrected chi connectivity index (χ4v) is 4.90. The number of imidazole rings is 2. The SMILES string of the molecule is CCc1cc([C@H]2O[C@@H](n3cnc4c(NCCC(C)(C)C)nc(NCCc5cn(C)cn5)nc43)[C@H](OC=O)[C@H]2OC=O)on1. The highest BCUT2D eigenvalue weighted by Crippen LogP contribution is 2.43. The van der Waals surface area contributed by atoms with E-state index in [1.165, 1.54) is 6.33 Å². The van der Waals surface area contributed by atoms with Crippen LogP contribution in [-0.2, 0) is 43.7 Å². The van der Waals surface area contributed by atoms with Gasteiger partial charge in [0.25, 0.3) is 12.9 Å². The van der Waals surface area contributed by atoms with Gasteiger partial charge in [-0.3, -0.25) is 14.2 Å².